The Morgan fingerprint density at radius 3 is 2.62 bits per heavy atom. The number of aliphatic hydroxyl groups is 1. The Kier molecular flexibility index (Phi) is 3.92. The lowest BCUT2D eigenvalue weighted by Gasteiger charge is -2.36. The second kappa shape index (κ2) is 5.82. The van der Waals surface area contributed by atoms with Crippen LogP contribution in [0, 0.1) is 5.92 Å². The van der Waals surface area contributed by atoms with Crippen LogP contribution in [-0.2, 0) is 0 Å². The number of nitrogens with zero attached hydrogens (tertiary/aromatic N) is 2. The number of nitrogens with one attached hydrogen (secondary N) is 1. The quantitative estimate of drug-likeness (QED) is 0.838. The van der Waals surface area contributed by atoms with E-state index in [1.54, 1.807) is 6.92 Å². The first-order valence-electron chi connectivity index (χ1n) is 8.73. The summed E-state index contributed by atoms with van der Waals surface area (Å²) in [6, 6.07) is -1.04. The van der Waals surface area contributed by atoms with Crippen LogP contribution in [0.2, 0.25) is 0 Å². The molecule has 1 saturated heterocycles. The van der Waals surface area contributed by atoms with Gasteiger partial charge in [-0.15, -0.1) is 0 Å². The van der Waals surface area contributed by atoms with E-state index in [0.717, 1.165) is 18.9 Å². The summed E-state index contributed by atoms with van der Waals surface area (Å²) in [7, 11) is 0. The van der Waals surface area contributed by atoms with E-state index in [1.165, 1.54) is 9.47 Å². The lowest BCUT2D eigenvalue weighted by molar-refractivity contribution is -0.0444. The molecule has 1 aromatic heterocycles. The lowest BCUT2D eigenvalue weighted by Crippen LogP contribution is -2.45. The summed E-state index contributed by atoms with van der Waals surface area (Å²) >= 11 is 0. The predicted molar refractivity (Wildman–Crippen MR) is 88.0 cm³/mol. The molecule has 6 nitrogen and oxygen atoms in total. The summed E-state index contributed by atoms with van der Waals surface area (Å²) in [6.07, 6.45) is 2.63. The Morgan fingerprint density at radius 2 is 2.04 bits per heavy atom. The Balaban J connectivity index is 1.80. The molecule has 0 amide bonds. The van der Waals surface area contributed by atoms with Crippen molar-refractivity contribution >= 4 is 6.08 Å². The highest BCUT2D eigenvalue weighted by Gasteiger charge is 2.52. The van der Waals surface area contributed by atoms with Crippen molar-refractivity contribution in [2.75, 3.05) is 19.7 Å². The summed E-state index contributed by atoms with van der Waals surface area (Å²) in [4.78, 5) is 28.0. The van der Waals surface area contributed by atoms with Crippen LogP contribution < -0.4 is 11.2 Å². The zero-order valence-electron chi connectivity index (χ0n) is 14.2. The Bertz CT molecular complexity index is 887. The molecule has 142 valence electrons. The third kappa shape index (κ3) is 2.56. The van der Waals surface area contributed by atoms with E-state index in [9.17, 15) is 27.9 Å². The molecule has 3 unspecified atom stereocenters. The van der Waals surface area contributed by atoms with E-state index >= 15 is 0 Å². The number of fused-ring (bicyclic) bond motifs is 1. The molecule has 9 heteroatoms. The van der Waals surface area contributed by atoms with Crippen molar-refractivity contribution in [1.29, 1.82) is 0 Å². The molecule has 1 saturated carbocycles. The number of hydrogen-bond donors (Lipinski definition) is 2. The fourth-order valence-corrected chi connectivity index (χ4v) is 4.27. The predicted octanol–water partition coefficient (Wildman–Crippen LogP) is 1.23. The second-order valence-corrected chi connectivity index (χ2v) is 7.49. The number of aliphatic hydroxyl groups excluding tert-OH is 1. The van der Waals surface area contributed by atoms with Crippen LogP contribution in [0.15, 0.2) is 15.4 Å². The molecular formula is C17H20F3N3O3. The molecule has 1 aromatic rings. The zero-order valence-corrected chi connectivity index (χ0v) is 14.2. The highest BCUT2D eigenvalue weighted by atomic mass is 19.3. The molecule has 26 heavy (non-hydrogen) atoms. The average molecular weight is 371 g/mol. The monoisotopic (exact) mass is 371 g/mol. The number of aromatic amines is 1. The number of hydrogen-bond acceptors (Lipinski definition) is 4. The van der Waals surface area contributed by atoms with Crippen molar-refractivity contribution in [3.05, 3.63) is 37.9 Å². The molecule has 2 heterocycles. The van der Waals surface area contributed by atoms with Crippen LogP contribution in [-0.4, -0.2) is 51.2 Å². The fourth-order valence-electron chi connectivity index (χ4n) is 4.27. The normalized spacial score (nSPS) is 31.0. The number of halogens is 3. The molecule has 1 aliphatic heterocycles. The minimum Gasteiger partial charge on any atom is -0.396 e. The SMILES string of the molecule is CC1c2c(c(=O)[nH]c(=O)n2C2CC2)C=C(F)C1N1CC(CO)C(F)(F)C1. The van der Waals surface area contributed by atoms with E-state index in [4.69, 9.17) is 0 Å². The molecule has 0 bridgehead atoms. The van der Waals surface area contributed by atoms with E-state index in [-0.39, 0.29) is 18.2 Å². The largest absolute Gasteiger partial charge is 0.396 e. The molecule has 3 atom stereocenters. The fraction of sp³-hybridized carbons (Fsp3) is 0.647. The maximum Gasteiger partial charge on any atom is 0.328 e. The number of H-pyrrole nitrogens is 1. The summed E-state index contributed by atoms with van der Waals surface area (Å²) < 4.78 is 44.4. The third-order valence-corrected chi connectivity index (χ3v) is 5.68. The average Bonchev–Trinajstić information content (AvgIpc) is 3.32. The van der Waals surface area contributed by atoms with Gasteiger partial charge in [-0.2, -0.15) is 0 Å². The molecule has 2 N–H and O–H groups in total. The third-order valence-electron chi connectivity index (χ3n) is 5.68. The molecule has 2 aliphatic carbocycles. The van der Waals surface area contributed by atoms with Crippen LogP contribution >= 0.6 is 0 Å². The lowest BCUT2D eigenvalue weighted by atomic mass is 9.87. The number of likely N-dealkylation sites (tertiary alicyclic amines) is 1. The smallest absolute Gasteiger partial charge is 0.328 e. The highest BCUT2D eigenvalue weighted by Crippen LogP contribution is 2.44. The minimum atomic E-state index is -3.11. The molecule has 2 fully saturated rings. The molecule has 0 radical (unpaired) electrons. The van der Waals surface area contributed by atoms with Crippen molar-refractivity contribution in [1.82, 2.24) is 14.5 Å². The van der Waals surface area contributed by atoms with Crippen LogP contribution in [0.1, 0.15) is 43.0 Å². The molecule has 3 aliphatic rings. The van der Waals surface area contributed by atoms with E-state index in [1.807, 2.05) is 0 Å². The van der Waals surface area contributed by atoms with Gasteiger partial charge in [0.2, 0.25) is 0 Å². The standard InChI is InChI=1S/C17H20F3N3O3/c1-8-13-11(15(25)21-16(26)23(13)10-2-3-10)4-12(18)14(8)22-5-9(6-24)17(19,20)7-22/h4,8-10,14,24H,2-3,5-7H2,1H3,(H,21,25,26). The molecule has 4 rings (SSSR count). The minimum absolute atomic E-state index is 0.0454. The number of aromatic nitrogens is 2. The summed E-state index contributed by atoms with van der Waals surface area (Å²) in [5.41, 5.74) is -0.717. The van der Waals surface area contributed by atoms with Gasteiger partial charge in [-0.25, -0.2) is 18.0 Å². The molecule has 0 aromatic carbocycles. The number of alkyl halides is 2. The maximum atomic E-state index is 14.8. The maximum absolute atomic E-state index is 14.8. The van der Waals surface area contributed by atoms with Gasteiger partial charge in [-0.05, 0) is 18.9 Å². The Morgan fingerprint density at radius 1 is 1.35 bits per heavy atom. The van der Waals surface area contributed by atoms with E-state index in [2.05, 4.69) is 4.98 Å². The van der Waals surface area contributed by atoms with Gasteiger partial charge in [0.15, 0.2) is 0 Å². The van der Waals surface area contributed by atoms with Crippen molar-refractivity contribution in [3.8, 4) is 0 Å². The summed E-state index contributed by atoms with van der Waals surface area (Å²) in [6.45, 7) is 0.157. The first-order valence-corrected chi connectivity index (χ1v) is 8.73. The first kappa shape index (κ1) is 17.5. The van der Waals surface area contributed by atoms with Crippen LogP contribution in [0.3, 0.4) is 0 Å². The van der Waals surface area contributed by atoms with Gasteiger partial charge >= 0.3 is 5.69 Å². The van der Waals surface area contributed by atoms with Crippen molar-refractivity contribution < 1.29 is 18.3 Å². The van der Waals surface area contributed by atoms with Gasteiger partial charge in [0, 0.05) is 24.2 Å². The highest BCUT2D eigenvalue weighted by molar-refractivity contribution is 5.59. The van der Waals surface area contributed by atoms with Gasteiger partial charge in [-0.1, -0.05) is 6.92 Å². The topological polar surface area (TPSA) is 78.3 Å². The first-order chi connectivity index (χ1) is 12.2. The van der Waals surface area contributed by atoms with E-state index in [0.29, 0.717) is 5.69 Å². The Hall–Kier alpha value is -1.87. The summed E-state index contributed by atoms with van der Waals surface area (Å²) in [5, 5.41) is 9.20. The molecule has 0 spiro atoms. The zero-order chi connectivity index (χ0) is 18.8. The summed E-state index contributed by atoms with van der Waals surface area (Å²) in [5.74, 6) is -5.68. The van der Waals surface area contributed by atoms with Gasteiger partial charge in [0.25, 0.3) is 11.5 Å². The van der Waals surface area contributed by atoms with Crippen molar-refractivity contribution in [3.63, 3.8) is 0 Å². The van der Waals surface area contributed by atoms with Crippen molar-refractivity contribution in [2.24, 2.45) is 5.92 Å². The number of rotatable bonds is 3. The van der Waals surface area contributed by atoms with Crippen LogP contribution in [0.25, 0.3) is 6.08 Å². The van der Waals surface area contributed by atoms with Crippen LogP contribution in [0.4, 0.5) is 13.2 Å². The van der Waals surface area contributed by atoms with Crippen LogP contribution in [0.5, 0.6) is 0 Å². The molecular weight excluding hydrogens is 351 g/mol. The van der Waals surface area contributed by atoms with Gasteiger partial charge in [0.1, 0.15) is 5.83 Å². The second-order valence-electron chi connectivity index (χ2n) is 7.49. The van der Waals surface area contributed by atoms with Crippen molar-refractivity contribution in [2.45, 2.75) is 43.7 Å². The van der Waals surface area contributed by atoms with Gasteiger partial charge in [-0.3, -0.25) is 19.2 Å². The Labute approximate surface area is 146 Å². The van der Waals surface area contributed by atoms with Gasteiger partial charge in [0.05, 0.1) is 30.7 Å². The van der Waals surface area contributed by atoms with Gasteiger partial charge < -0.3 is 5.11 Å². The van der Waals surface area contributed by atoms with E-state index < -0.39 is 54.0 Å².